The van der Waals surface area contributed by atoms with E-state index in [9.17, 15) is 13.2 Å². The molecule has 0 fully saturated rings. The number of carbonyl (C=O) groups is 1. The molecular weight excluding hydrogens is 408 g/mol. The fourth-order valence-corrected chi connectivity index (χ4v) is 5.28. The molecule has 1 N–H and O–H groups in total. The molecule has 0 spiro atoms. The maximum absolute atomic E-state index is 12.4. The Morgan fingerprint density at radius 3 is 2.59 bits per heavy atom. The van der Waals surface area contributed by atoms with Gasteiger partial charge in [0, 0.05) is 11.8 Å². The molecule has 0 saturated carbocycles. The molecule has 3 aromatic carbocycles. The molecule has 0 radical (unpaired) electrons. The topological polar surface area (TPSA) is 85.4 Å². The Hall–Kier alpha value is -2.97. The van der Waals surface area contributed by atoms with Gasteiger partial charge in [0.15, 0.2) is 15.0 Å². The number of carbonyl (C=O) groups excluding carboxylic acids is 1. The number of hydrogen-bond acceptors (Lipinski definition) is 6. The average Bonchev–Trinajstić information content (AvgIpc) is 3.15. The molecule has 0 aliphatic heterocycles. The molecule has 4 rings (SSSR count). The predicted octanol–water partition coefficient (Wildman–Crippen LogP) is 4.26. The van der Waals surface area contributed by atoms with E-state index in [1.54, 1.807) is 12.1 Å². The number of nitrogens with one attached hydrogen (secondary N) is 1. The molecule has 0 aliphatic carbocycles. The first-order valence-electron chi connectivity index (χ1n) is 8.91. The highest BCUT2D eigenvalue weighted by molar-refractivity contribution is 7.91. The van der Waals surface area contributed by atoms with Gasteiger partial charge in [-0.15, -0.1) is 0 Å². The molecule has 0 saturated heterocycles. The molecule has 0 bridgehead atoms. The summed E-state index contributed by atoms with van der Waals surface area (Å²) in [5.41, 5.74) is 0.801. The van der Waals surface area contributed by atoms with E-state index < -0.39 is 9.84 Å². The summed E-state index contributed by atoms with van der Waals surface area (Å²) in [6.07, 6.45) is -0.148. The van der Waals surface area contributed by atoms with Crippen LogP contribution in [0.2, 0.25) is 0 Å². The average molecular weight is 427 g/mol. The molecule has 4 aromatic rings. The molecule has 0 atom stereocenters. The summed E-state index contributed by atoms with van der Waals surface area (Å²) >= 11 is 1.38. The highest BCUT2D eigenvalue weighted by atomic mass is 32.2. The number of sulfone groups is 1. The minimum absolute atomic E-state index is 0.148. The van der Waals surface area contributed by atoms with E-state index in [0.29, 0.717) is 10.9 Å². The van der Waals surface area contributed by atoms with Gasteiger partial charge < -0.3 is 10.1 Å². The van der Waals surface area contributed by atoms with Gasteiger partial charge in [-0.05, 0) is 35.7 Å². The van der Waals surface area contributed by atoms with Crippen molar-refractivity contribution in [1.29, 1.82) is 0 Å². The van der Waals surface area contributed by atoms with Crippen molar-refractivity contribution in [3.8, 4) is 5.75 Å². The SMILES string of the molecule is COc1ccc(S(=O)(=O)CCC(=O)Nc2nc3ccc4ccccc4c3s2)cc1. The molecule has 1 aromatic heterocycles. The van der Waals surface area contributed by atoms with E-state index in [0.717, 1.165) is 21.0 Å². The van der Waals surface area contributed by atoms with Crippen molar-refractivity contribution in [3.05, 3.63) is 60.7 Å². The van der Waals surface area contributed by atoms with E-state index in [4.69, 9.17) is 4.74 Å². The van der Waals surface area contributed by atoms with E-state index >= 15 is 0 Å². The third-order valence-electron chi connectivity index (χ3n) is 4.54. The Kier molecular flexibility index (Phi) is 5.21. The number of anilines is 1. The summed E-state index contributed by atoms with van der Waals surface area (Å²) in [5, 5.41) is 5.36. The number of methoxy groups -OCH3 is 1. The Morgan fingerprint density at radius 2 is 1.83 bits per heavy atom. The number of thiazole rings is 1. The van der Waals surface area contributed by atoms with Crippen LogP contribution in [0.5, 0.6) is 5.75 Å². The van der Waals surface area contributed by atoms with Crippen molar-refractivity contribution in [2.75, 3.05) is 18.2 Å². The second-order valence-electron chi connectivity index (χ2n) is 6.45. The molecule has 29 heavy (non-hydrogen) atoms. The number of hydrogen-bond donors (Lipinski definition) is 1. The second-order valence-corrected chi connectivity index (χ2v) is 9.55. The lowest BCUT2D eigenvalue weighted by Gasteiger charge is -2.06. The third kappa shape index (κ3) is 4.08. The van der Waals surface area contributed by atoms with Crippen LogP contribution in [0.3, 0.4) is 0 Å². The highest BCUT2D eigenvalue weighted by Crippen LogP contribution is 2.32. The fraction of sp³-hybridized carbons (Fsp3) is 0.143. The minimum atomic E-state index is -3.56. The highest BCUT2D eigenvalue weighted by Gasteiger charge is 2.17. The van der Waals surface area contributed by atoms with Crippen molar-refractivity contribution in [1.82, 2.24) is 4.98 Å². The lowest BCUT2D eigenvalue weighted by Crippen LogP contribution is -2.17. The first-order chi connectivity index (χ1) is 14.0. The van der Waals surface area contributed by atoms with E-state index in [1.165, 1.54) is 30.6 Å². The lowest BCUT2D eigenvalue weighted by atomic mass is 10.1. The van der Waals surface area contributed by atoms with Crippen molar-refractivity contribution >= 4 is 53.2 Å². The predicted molar refractivity (Wildman–Crippen MR) is 115 cm³/mol. The smallest absolute Gasteiger partial charge is 0.227 e. The van der Waals surface area contributed by atoms with Gasteiger partial charge in [0.25, 0.3) is 0 Å². The van der Waals surface area contributed by atoms with Gasteiger partial charge in [-0.2, -0.15) is 0 Å². The summed E-state index contributed by atoms with van der Waals surface area (Å²) in [7, 11) is -2.05. The van der Waals surface area contributed by atoms with Crippen molar-refractivity contribution in [2.45, 2.75) is 11.3 Å². The van der Waals surface area contributed by atoms with Crippen LogP contribution in [0.25, 0.3) is 21.0 Å². The maximum Gasteiger partial charge on any atom is 0.227 e. The molecule has 0 aliphatic rings. The van der Waals surface area contributed by atoms with E-state index in [2.05, 4.69) is 10.3 Å². The maximum atomic E-state index is 12.4. The molecule has 6 nitrogen and oxygen atoms in total. The summed E-state index contributed by atoms with van der Waals surface area (Å²) < 4.78 is 30.9. The zero-order chi connectivity index (χ0) is 20.4. The lowest BCUT2D eigenvalue weighted by molar-refractivity contribution is -0.115. The molecule has 8 heteroatoms. The number of aromatic nitrogens is 1. The zero-order valence-electron chi connectivity index (χ0n) is 15.6. The Bertz CT molecular complexity index is 1300. The molecule has 148 valence electrons. The third-order valence-corrected chi connectivity index (χ3v) is 7.29. The Labute approximate surface area is 172 Å². The van der Waals surface area contributed by atoms with Crippen LogP contribution in [0.4, 0.5) is 5.13 Å². The van der Waals surface area contributed by atoms with Crippen LogP contribution < -0.4 is 10.1 Å². The van der Waals surface area contributed by atoms with Crippen LogP contribution in [0.15, 0.2) is 65.6 Å². The normalized spacial score (nSPS) is 11.6. The number of ether oxygens (including phenoxy) is 1. The van der Waals surface area contributed by atoms with Gasteiger partial charge in [0.05, 0.1) is 28.0 Å². The number of fused-ring (bicyclic) bond motifs is 3. The quantitative estimate of drug-likeness (QED) is 0.498. The molecule has 1 amide bonds. The van der Waals surface area contributed by atoms with Crippen molar-refractivity contribution in [2.24, 2.45) is 0 Å². The van der Waals surface area contributed by atoms with Gasteiger partial charge in [-0.3, -0.25) is 4.79 Å². The van der Waals surface area contributed by atoms with Crippen LogP contribution in [-0.2, 0) is 14.6 Å². The Balaban J connectivity index is 1.46. The first kappa shape index (κ1) is 19.4. The minimum Gasteiger partial charge on any atom is -0.497 e. The van der Waals surface area contributed by atoms with E-state index in [-0.39, 0.29) is 23.0 Å². The van der Waals surface area contributed by atoms with Crippen LogP contribution in [0, 0.1) is 0 Å². The number of amides is 1. The van der Waals surface area contributed by atoms with Gasteiger partial charge >= 0.3 is 0 Å². The van der Waals surface area contributed by atoms with Crippen molar-refractivity contribution in [3.63, 3.8) is 0 Å². The summed E-state index contributed by atoms with van der Waals surface area (Å²) in [4.78, 5) is 16.9. The molecule has 1 heterocycles. The first-order valence-corrected chi connectivity index (χ1v) is 11.4. The second kappa shape index (κ2) is 7.81. The van der Waals surface area contributed by atoms with Gasteiger partial charge in [0.1, 0.15) is 5.75 Å². The monoisotopic (exact) mass is 426 g/mol. The van der Waals surface area contributed by atoms with Crippen LogP contribution >= 0.6 is 11.3 Å². The zero-order valence-corrected chi connectivity index (χ0v) is 17.2. The van der Waals surface area contributed by atoms with Gasteiger partial charge in [-0.1, -0.05) is 41.7 Å². The van der Waals surface area contributed by atoms with Gasteiger partial charge in [0.2, 0.25) is 5.91 Å². The Morgan fingerprint density at radius 1 is 1.07 bits per heavy atom. The summed E-state index contributed by atoms with van der Waals surface area (Å²) in [6.45, 7) is 0. The number of benzene rings is 3. The fourth-order valence-electron chi connectivity index (χ4n) is 3.02. The largest absolute Gasteiger partial charge is 0.497 e. The van der Waals surface area contributed by atoms with Crippen molar-refractivity contribution < 1.29 is 17.9 Å². The summed E-state index contributed by atoms with van der Waals surface area (Å²) in [6, 6.07) is 18.0. The standard InChI is InChI=1S/C21H18N2O4S2/c1-27-15-7-9-16(10-8-15)29(25,26)13-12-19(24)23-21-22-18-11-6-14-4-2-3-5-17(14)20(18)28-21/h2-11H,12-13H2,1H3,(H,22,23,24). The van der Waals surface area contributed by atoms with Crippen LogP contribution in [-0.4, -0.2) is 32.2 Å². The van der Waals surface area contributed by atoms with Crippen LogP contribution in [0.1, 0.15) is 6.42 Å². The number of rotatable bonds is 6. The molecular formula is C21H18N2O4S2. The molecule has 0 unspecified atom stereocenters. The number of nitrogens with zero attached hydrogens (tertiary/aromatic N) is 1. The van der Waals surface area contributed by atoms with E-state index in [1.807, 2.05) is 36.4 Å². The van der Waals surface area contributed by atoms with Gasteiger partial charge in [-0.25, -0.2) is 13.4 Å². The summed E-state index contributed by atoms with van der Waals surface area (Å²) in [5.74, 6) is -0.0885.